The molecule has 0 saturated heterocycles. The Bertz CT molecular complexity index is 1020. The van der Waals surface area contributed by atoms with Gasteiger partial charge in [0.15, 0.2) is 6.61 Å². The molecule has 1 aromatic carbocycles. The number of ether oxygens (including phenoxy) is 1. The number of nitrogens with zero attached hydrogens (tertiary/aromatic N) is 2. The maximum absolute atomic E-state index is 12.3. The van der Waals surface area contributed by atoms with E-state index in [4.69, 9.17) is 4.74 Å². The van der Waals surface area contributed by atoms with Gasteiger partial charge in [-0.3, -0.25) is 4.79 Å². The topological polar surface area (TPSA) is 84.1 Å². The minimum Gasteiger partial charge on any atom is -0.451 e. The van der Waals surface area contributed by atoms with Crippen molar-refractivity contribution >= 4 is 18.0 Å². The summed E-state index contributed by atoms with van der Waals surface area (Å²) >= 11 is 0. The van der Waals surface area contributed by atoms with Crippen molar-refractivity contribution in [3.8, 4) is 6.07 Å². The number of benzene rings is 1. The van der Waals surface area contributed by atoms with Gasteiger partial charge in [0.25, 0.3) is 5.91 Å². The van der Waals surface area contributed by atoms with Crippen LogP contribution in [0.5, 0.6) is 0 Å². The third kappa shape index (κ3) is 5.18. The highest BCUT2D eigenvalue weighted by molar-refractivity contribution is 5.99. The molecule has 0 spiro atoms. The molecule has 2 aromatic rings. The molecule has 1 saturated carbocycles. The van der Waals surface area contributed by atoms with Crippen molar-refractivity contribution < 1.29 is 14.3 Å². The molecule has 0 bridgehead atoms. The Morgan fingerprint density at radius 1 is 1.27 bits per heavy atom. The second-order valence-corrected chi connectivity index (χ2v) is 7.70. The first-order valence-corrected chi connectivity index (χ1v) is 10.2. The maximum atomic E-state index is 12.3. The lowest BCUT2D eigenvalue weighted by molar-refractivity contribution is -0.144. The van der Waals surface area contributed by atoms with E-state index in [2.05, 4.69) is 9.88 Å². The Balaban J connectivity index is 1.52. The number of nitrogens with one attached hydrogen (secondary N) is 1. The third-order valence-electron chi connectivity index (χ3n) is 5.39. The third-order valence-corrected chi connectivity index (χ3v) is 5.39. The summed E-state index contributed by atoms with van der Waals surface area (Å²) in [5.74, 6) is -1.18. The van der Waals surface area contributed by atoms with Crippen LogP contribution in [0.1, 0.15) is 47.0 Å². The number of amides is 1. The molecule has 6 nitrogen and oxygen atoms in total. The molecule has 0 aliphatic heterocycles. The van der Waals surface area contributed by atoms with Crippen LogP contribution >= 0.6 is 0 Å². The number of aromatic nitrogens is 1. The number of aryl methyl sites for hydroxylation is 2. The van der Waals surface area contributed by atoms with E-state index in [1.54, 1.807) is 6.08 Å². The summed E-state index contributed by atoms with van der Waals surface area (Å²) in [6.45, 7) is 6.08. The van der Waals surface area contributed by atoms with E-state index in [1.165, 1.54) is 5.56 Å². The van der Waals surface area contributed by atoms with Crippen LogP contribution in [-0.4, -0.2) is 29.6 Å². The summed E-state index contributed by atoms with van der Waals surface area (Å²) in [6, 6.07) is 12.4. The fraction of sp³-hybridized carbons (Fsp3) is 0.375. The summed E-state index contributed by atoms with van der Waals surface area (Å²) in [5, 5.41) is 12.1. The van der Waals surface area contributed by atoms with Crippen LogP contribution in [0.2, 0.25) is 0 Å². The van der Waals surface area contributed by atoms with Crippen molar-refractivity contribution in [1.29, 1.82) is 5.26 Å². The second-order valence-electron chi connectivity index (χ2n) is 7.70. The minimum absolute atomic E-state index is 0.112. The fourth-order valence-electron chi connectivity index (χ4n) is 3.62. The van der Waals surface area contributed by atoms with Gasteiger partial charge >= 0.3 is 5.97 Å². The van der Waals surface area contributed by atoms with Crippen LogP contribution < -0.4 is 5.32 Å². The molecular formula is C24H27N3O3. The van der Waals surface area contributed by atoms with E-state index in [1.807, 2.05) is 57.2 Å². The molecule has 0 atom stereocenters. The number of hydrogen-bond acceptors (Lipinski definition) is 4. The Labute approximate surface area is 177 Å². The predicted octanol–water partition coefficient (Wildman–Crippen LogP) is 3.56. The summed E-state index contributed by atoms with van der Waals surface area (Å²) in [4.78, 5) is 24.3. The van der Waals surface area contributed by atoms with Gasteiger partial charge in [0.05, 0.1) is 0 Å². The molecule has 0 unspecified atom stereocenters. The molecule has 1 fully saturated rings. The standard InChI is InChI=1S/C24H27N3O3/c1-16-6-4-5-7-19(16)10-11-26-23(28)15-30-24(29)21(14-25)13-20-12-17(2)27(18(20)3)22-8-9-22/h4-7,12-13,22H,8-11,15H2,1-3H3,(H,26,28)/b21-13+. The SMILES string of the molecule is Cc1ccccc1CCNC(=O)COC(=O)/C(C#N)=C/c1cc(C)n(C2CC2)c1C. The van der Waals surface area contributed by atoms with E-state index in [0.29, 0.717) is 19.0 Å². The summed E-state index contributed by atoms with van der Waals surface area (Å²) in [7, 11) is 0. The number of carbonyl (C=O) groups excluding carboxylic acids is 2. The van der Waals surface area contributed by atoms with E-state index >= 15 is 0 Å². The van der Waals surface area contributed by atoms with Crippen molar-refractivity contribution in [1.82, 2.24) is 9.88 Å². The second kappa shape index (κ2) is 9.45. The van der Waals surface area contributed by atoms with Gasteiger partial charge in [0.2, 0.25) is 0 Å². The van der Waals surface area contributed by atoms with E-state index in [0.717, 1.165) is 35.4 Å². The number of esters is 1. The van der Waals surface area contributed by atoms with Crippen LogP contribution in [0.15, 0.2) is 35.9 Å². The molecule has 1 aliphatic rings. The molecule has 1 aliphatic carbocycles. The van der Waals surface area contributed by atoms with Crippen molar-refractivity contribution in [3.05, 3.63) is 64.0 Å². The van der Waals surface area contributed by atoms with Crippen LogP contribution in [-0.2, 0) is 20.7 Å². The van der Waals surface area contributed by atoms with Gasteiger partial charge in [0.1, 0.15) is 11.6 Å². The van der Waals surface area contributed by atoms with E-state index in [9.17, 15) is 14.9 Å². The number of nitriles is 1. The molecule has 1 amide bonds. The lowest BCUT2D eigenvalue weighted by Gasteiger charge is -2.08. The number of rotatable bonds is 8. The zero-order valence-corrected chi connectivity index (χ0v) is 17.7. The average molecular weight is 405 g/mol. The monoisotopic (exact) mass is 405 g/mol. The highest BCUT2D eigenvalue weighted by Gasteiger charge is 2.27. The van der Waals surface area contributed by atoms with Gasteiger partial charge in [-0.2, -0.15) is 5.26 Å². The number of carbonyl (C=O) groups is 2. The minimum atomic E-state index is -0.789. The Morgan fingerprint density at radius 2 is 2.00 bits per heavy atom. The van der Waals surface area contributed by atoms with Gasteiger partial charge in [-0.15, -0.1) is 0 Å². The van der Waals surface area contributed by atoms with Crippen LogP contribution in [0.3, 0.4) is 0 Å². The lowest BCUT2D eigenvalue weighted by atomic mass is 10.1. The quantitative estimate of drug-likeness (QED) is 0.413. The van der Waals surface area contributed by atoms with Gasteiger partial charge in [-0.05, 0) is 68.9 Å². The lowest BCUT2D eigenvalue weighted by Crippen LogP contribution is -2.30. The molecule has 1 heterocycles. The fourth-order valence-corrected chi connectivity index (χ4v) is 3.62. The molecule has 30 heavy (non-hydrogen) atoms. The zero-order chi connectivity index (χ0) is 21.7. The average Bonchev–Trinajstić information content (AvgIpc) is 3.51. The first-order valence-electron chi connectivity index (χ1n) is 10.2. The highest BCUT2D eigenvalue weighted by Crippen LogP contribution is 2.38. The van der Waals surface area contributed by atoms with Crippen LogP contribution in [0, 0.1) is 32.1 Å². The summed E-state index contributed by atoms with van der Waals surface area (Å²) in [6.07, 6.45) is 4.56. The molecular weight excluding hydrogens is 378 g/mol. The summed E-state index contributed by atoms with van der Waals surface area (Å²) in [5.41, 5.74) is 5.19. The largest absolute Gasteiger partial charge is 0.451 e. The smallest absolute Gasteiger partial charge is 0.349 e. The van der Waals surface area contributed by atoms with Gasteiger partial charge in [-0.1, -0.05) is 24.3 Å². The Kier molecular flexibility index (Phi) is 6.73. The normalized spacial score (nSPS) is 13.6. The van der Waals surface area contributed by atoms with Crippen LogP contribution in [0.25, 0.3) is 6.08 Å². The predicted molar refractivity (Wildman–Crippen MR) is 115 cm³/mol. The van der Waals surface area contributed by atoms with Crippen molar-refractivity contribution in [2.45, 2.75) is 46.1 Å². The van der Waals surface area contributed by atoms with E-state index in [-0.39, 0.29) is 11.5 Å². The van der Waals surface area contributed by atoms with Crippen molar-refractivity contribution in [2.75, 3.05) is 13.2 Å². The molecule has 3 rings (SSSR count). The van der Waals surface area contributed by atoms with Gasteiger partial charge < -0.3 is 14.6 Å². The van der Waals surface area contributed by atoms with Crippen molar-refractivity contribution in [3.63, 3.8) is 0 Å². The maximum Gasteiger partial charge on any atom is 0.349 e. The van der Waals surface area contributed by atoms with Crippen LogP contribution in [0.4, 0.5) is 0 Å². The highest BCUT2D eigenvalue weighted by atomic mass is 16.5. The Hall–Kier alpha value is -3.33. The molecule has 1 N–H and O–H groups in total. The molecule has 0 radical (unpaired) electrons. The van der Waals surface area contributed by atoms with Crippen molar-refractivity contribution in [2.24, 2.45) is 0 Å². The molecule has 156 valence electrons. The van der Waals surface area contributed by atoms with Gasteiger partial charge in [-0.25, -0.2) is 4.79 Å². The summed E-state index contributed by atoms with van der Waals surface area (Å²) < 4.78 is 7.29. The van der Waals surface area contributed by atoms with E-state index < -0.39 is 12.6 Å². The first kappa shape index (κ1) is 21.4. The molecule has 1 aromatic heterocycles. The molecule has 6 heteroatoms. The number of hydrogen-bond donors (Lipinski definition) is 1. The zero-order valence-electron chi connectivity index (χ0n) is 17.7. The Morgan fingerprint density at radius 3 is 2.67 bits per heavy atom. The van der Waals surface area contributed by atoms with Gasteiger partial charge in [0, 0.05) is 24.0 Å². The first-order chi connectivity index (χ1) is 14.4.